The van der Waals surface area contributed by atoms with Gasteiger partial charge in [-0.25, -0.2) is 9.59 Å². The van der Waals surface area contributed by atoms with Gasteiger partial charge in [-0.3, -0.25) is 9.69 Å². The highest BCUT2D eigenvalue weighted by Gasteiger charge is 2.32. The van der Waals surface area contributed by atoms with Crippen molar-refractivity contribution in [3.8, 4) is 5.75 Å². The third kappa shape index (κ3) is 8.72. The van der Waals surface area contributed by atoms with Crippen molar-refractivity contribution in [3.05, 3.63) is 63.2 Å². The average Bonchev–Trinajstić information content (AvgIpc) is 3.39. The van der Waals surface area contributed by atoms with Crippen LogP contribution in [0.15, 0.2) is 35.9 Å². The number of anilines is 2. The molecule has 1 fully saturated rings. The van der Waals surface area contributed by atoms with Crippen molar-refractivity contribution in [1.29, 1.82) is 0 Å². The number of allylic oxidation sites excluding steroid dienone is 2. The summed E-state index contributed by atoms with van der Waals surface area (Å²) in [6.07, 6.45) is 4.93. The molecule has 11 heteroatoms. The van der Waals surface area contributed by atoms with E-state index >= 15 is 0 Å². The van der Waals surface area contributed by atoms with Gasteiger partial charge in [-0.15, -0.1) is 0 Å². The van der Waals surface area contributed by atoms with E-state index in [1.165, 1.54) is 0 Å². The molecule has 4 rings (SSSR count). The second-order valence-electron chi connectivity index (χ2n) is 10.6. The maximum atomic E-state index is 13.1. The Morgan fingerprint density at radius 1 is 1.12 bits per heavy atom. The molecule has 2 aromatic carbocycles. The third-order valence-electron chi connectivity index (χ3n) is 7.65. The lowest BCUT2D eigenvalue weighted by atomic mass is 9.93. The lowest BCUT2D eigenvalue weighted by Gasteiger charge is -2.26. The van der Waals surface area contributed by atoms with Crippen molar-refractivity contribution < 1.29 is 33.3 Å². The van der Waals surface area contributed by atoms with Crippen molar-refractivity contribution in [2.75, 3.05) is 57.2 Å². The van der Waals surface area contributed by atoms with Crippen LogP contribution in [0, 0.1) is 6.92 Å². The third-order valence-corrected chi connectivity index (χ3v) is 7.98. The summed E-state index contributed by atoms with van der Waals surface area (Å²) < 4.78 is 21.9. The Kier molecular flexibility index (Phi) is 11.8. The number of hydrogen-bond acceptors (Lipinski definition) is 8. The maximum Gasteiger partial charge on any atom is 0.341 e. The predicted octanol–water partition coefficient (Wildman–Crippen LogP) is 5.90. The van der Waals surface area contributed by atoms with E-state index in [0.29, 0.717) is 58.3 Å². The zero-order chi connectivity index (χ0) is 30.8. The number of morpholine rings is 1. The first kappa shape index (κ1) is 32.3. The number of carbonyl (C=O) groups excluding carboxylic acids is 3. The number of nitrogens with one attached hydrogen (secondary N) is 2. The first-order chi connectivity index (χ1) is 20.8. The number of urea groups is 1. The molecule has 2 aliphatic heterocycles. The lowest BCUT2D eigenvalue weighted by Crippen LogP contribution is -2.36. The zero-order valence-electron chi connectivity index (χ0n) is 25.1. The molecular weight excluding hydrogens is 574 g/mol. The number of hydrogen-bond donors (Lipinski definition) is 2. The molecular formula is C32H40ClN3O7. The Morgan fingerprint density at radius 2 is 1.88 bits per heavy atom. The molecule has 0 atom stereocenters. The fourth-order valence-corrected chi connectivity index (χ4v) is 5.40. The fourth-order valence-electron chi connectivity index (χ4n) is 5.22. The van der Waals surface area contributed by atoms with Crippen LogP contribution < -0.4 is 15.4 Å². The van der Waals surface area contributed by atoms with E-state index in [0.717, 1.165) is 56.8 Å². The molecule has 0 aromatic heterocycles. The number of fused-ring (bicyclic) bond motifs is 1. The number of amides is 2. The van der Waals surface area contributed by atoms with Gasteiger partial charge in [-0.05, 0) is 63.8 Å². The zero-order valence-corrected chi connectivity index (χ0v) is 25.8. The minimum Gasteiger partial charge on any atom is -0.496 e. The van der Waals surface area contributed by atoms with E-state index in [1.54, 1.807) is 31.4 Å². The summed E-state index contributed by atoms with van der Waals surface area (Å²) in [7, 11) is 1.55. The average molecular weight is 614 g/mol. The molecule has 43 heavy (non-hydrogen) atoms. The molecule has 2 amide bonds. The van der Waals surface area contributed by atoms with Crippen LogP contribution in [0.4, 0.5) is 16.2 Å². The van der Waals surface area contributed by atoms with Gasteiger partial charge in [-0.2, -0.15) is 0 Å². The van der Waals surface area contributed by atoms with E-state index in [-0.39, 0.29) is 19.0 Å². The van der Waals surface area contributed by atoms with Gasteiger partial charge in [0.25, 0.3) is 0 Å². The number of rotatable bonds is 13. The molecule has 0 aliphatic carbocycles. The number of halogens is 1. The smallest absolute Gasteiger partial charge is 0.341 e. The molecule has 0 unspecified atom stereocenters. The van der Waals surface area contributed by atoms with Gasteiger partial charge < -0.3 is 29.6 Å². The number of cyclic esters (lactones) is 1. The molecule has 0 radical (unpaired) electrons. The monoisotopic (exact) mass is 613 g/mol. The summed E-state index contributed by atoms with van der Waals surface area (Å²) in [4.78, 5) is 40.5. The van der Waals surface area contributed by atoms with Gasteiger partial charge in [-0.1, -0.05) is 35.4 Å². The molecule has 0 bridgehead atoms. The largest absolute Gasteiger partial charge is 0.496 e. The topological polar surface area (TPSA) is 115 Å². The first-order valence-electron chi connectivity index (χ1n) is 14.6. The summed E-state index contributed by atoms with van der Waals surface area (Å²) in [6, 6.07) is 6.31. The Labute approximate surface area is 257 Å². The van der Waals surface area contributed by atoms with E-state index < -0.39 is 12.0 Å². The van der Waals surface area contributed by atoms with E-state index in [4.69, 9.17) is 30.5 Å². The van der Waals surface area contributed by atoms with Crippen LogP contribution in [0.1, 0.15) is 59.7 Å². The number of nitrogens with zero attached hydrogens (tertiary/aromatic N) is 1. The van der Waals surface area contributed by atoms with Crippen LogP contribution >= 0.6 is 11.6 Å². The van der Waals surface area contributed by atoms with Gasteiger partial charge in [0.05, 0.1) is 48.9 Å². The van der Waals surface area contributed by atoms with Crippen molar-refractivity contribution in [2.24, 2.45) is 0 Å². The second-order valence-corrected chi connectivity index (χ2v) is 11.0. The minimum absolute atomic E-state index is 0.0989. The summed E-state index contributed by atoms with van der Waals surface area (Å²) in [5, 5.41) is 5.96. The Balaban J connectivity index is 1.38. The maximum absolute atomic E-state index is 13.1. The minimum atomic E-state index is -0.560. The number of para-hydroxylation sites is 1. The molecule has 2 heterocycles. The van der Waals surface area contributed by atoms with Crippen LogP contribution in [0.5, 0.6) is 5.75 Å². The number of esters is 2. The van der Waals surface area contributed by atoms with Crippen molar-refractivity contribution in [1.82, 2.24) is 4.90 Å². The van der Waals surface area contributed by atoms with Crippen LogP contribution in [0.25, 0.3) is 0 Å². The molecule has 2 N–H and O–H groups in total. The number of methoxy groups -OCH3 is 1. The van der Waals surface area contributed by atoms with Crippen molar-refractivity contribution in [2.45, 2.75) is 52.6 Å². The molecule has 0 saturated carbocycles. The lowest BCUT2D eigenvalue weighted by molar-refractivity contribution is -0.143. The normalized spacial score (nSPS) is 15.1. The summed E-state index contributed by atoms with van der Waals surface area (Å²) in [5.41, 5.74) is 4.12. The summed E-state index contributed by atoms with van der Waals surface area (Å²) >= 11 is 6.21. The Hall–Kier alpha value is -3.60. The van der Waals surface area contributed by atoms with Gasteiger partial charge in [0.1, 0.15) is 12.4 Å². The van der Waals surface area contributed by atoms with Crippen LogP contribution in [0.3, 0.4) is 0 Å². The summed E-state index contributed by atoms with van der Waals surface area (Å²) in [5.74, 6) is -0.180. The molecule has 232 valence electrons. The number of unbranched alkanes of at least 4 members (excludes halogenated alkanes) is 1. The van der Waals surface area contributed by atoms with E-state index in [2.05, 4.69) is 15.5 Å². The molecule has 1 saturated heterocycles. The van der Waals surface area contributed by atoms with E-state index in [9.17, 15) is 14.4 Å². The van der Waals surface area contributed by atoms with Gasteiger partial charge >= 0.3 is 18.0 Å². The van der Waals surface area contributed by atoms with Gasteiger partial charge in [0.15, 0.2) is 0 Å². The highest BCUT2D eigenvalue weighted by Crippen LogP contribution is 2.41. The quantitative estimate of drug-likeness (QED) is 0.163. The molecule has 2 aliphatic rings. The number of benzene rings is 2. The first-order valence-corrected chi connectivity index (χ1v) is 15.0. The standard InChI is InChI=1S/C32H40ClN3O7/c1-21(11-13-27(37)42-17-7-6-14-36-15-18-41-19-16-36)10-12-23-29(35-32(39)34-26-9-5-4-8-25(26)33)28-24(20-43-31(28)38)22(2)30(23)40-3/h4-5,8-10H,6-7,11-20H2,1-3H3,(H2,34,35,39). The van der Waals surface area contributed by atoms with Gasteiger partial charge in [0.2, 0.25) is 0 Å². The van der Waals surface area contributed by atoms with Crippen molar-refractivity contribution in [3.63, 3.8) is 0 Å². The van der Waals surface area contributed by atoms with Crippen LogP contribution in [0.2, 0.25) is 5.02 Å². The van der Waals surface area contributed by atoms with Crippen LogP contribution in [-0.2, 0) is 32.0 Å². The number of ether oxygens (including phenoxy) is 4. The highest BCUT2D eigenvalue weighted by molar-refractivity contribution is 6.33. The Morgan fingerprint density at radius 3 is 2.63 bits per heavy atom. The van der Waals surface area contributed by atoms with E-state index in [1.807, 2.05) is 19.9 Å². The second kappa shape index (κ2) is 15.7. The molecule has 2 aromatic rings. The predicted molar refractivity (Wildman–Crippen MR) is 165 cm³/mol. The fraction of sp³-hybridized carbons (Fsp3) is 0.469. The molecule has 0 spiro atoms. The summed E-state index contributed by atoms with van der Waals surface area (Å²) in [6.45, 7) is 8.79. The Bertz CT molecular complexity index is 1350. The highest BCUT2D eigenvalue weighted by atomic mass is 35.5. The SMILES string of the molecule is COc1c(C)c2c(c(NC(=O)Nc3ccccc3Cl)c1CC=C(C)CCC(=O)OCCCCN1CCOCC1)C(=O)OC2. The van der Waals surface area contributed by atoms with Gasteiger partial charge in [0, 0.05) is 30.6 Å². The van der Waals surface area contributed by atoms with Crippen LogP contribution in [-0.4, -0.2) is 69.4 Å². The van der Waals surface area contributed by atoms with Crippen molar-refractivity contribution >= 4 is 40.9 Å². The number of carbonyl (C=O) groups is 3. The molecule has 10 nitrogen and oxygen atoms in total.